The molecule has 1 aliphatic rings. The van der Waals surface area contributed by atoms with Crippen LogP contribution in [0.2, 0.25) is 0 Å². The number of β-amino-alcohol motifs (C(OH)–C–C–N with tert-alkyl or cyclic N) is 1. The van der Waals surface area contributed by atoms with Crippen molar-refractivity contribution in [2.75, 3.05) is 25.1 Å². The van der Waals surface area contributed by atoms with Gasteiger partial charge in [0, 0.05) is 25.3 Å². The summed E-state index contributed by atoms with van der Waals surface area (Å²) in [7, 11) is 0. The second kappa shape index (κ2) is 5.50. The SMILES string of the molecule is CSCCC(=O)N1CCCC(O)C1. The highest BCUT2D eigenvalue weighted by Gasteiger charge is 2.21. The first-order chi connectivity index (χ1) is 6.24. The van der Waals surface area contributed by atoms with Crippen LogP contribution in [0.3, 0.4) is 0 Å². The van der Waals surface area contributed by atoms with Crippen LogP contribution in [-0.4, -0.2) is 47.1 Å². The average Bonchev–Trinajstić information content (AvgIpc) is 2.14. The number of thioether (sulfide) groups is 1. The quantitative estimate of drug-likeness (QED) is 0.735. The lowest BCUT2D eigenvalue weighted by Crippen LogP contribution is -2.42. The summed E-state index contributed by atoms with van der Waals surface area (Å²) < 4.78 is 0. The molecule has 1 fully saturated rings. The predicted molar refractivity (Wildman–Crippen MR) is 54.8 cm³/mol. The van der Waals surface area contributed by atoms with Gasteiger partial charge in [0.05, 0.1) is 6.10 Å². The van der Waals surface area contributed by atoms with Crippen LogP contribution < -0.4 is 0 Å². The summed E-state index contributed by atoms with van der Waals surface area (Å²) in [5, 5.41) is 9.35. The Labute approximate surface area is 83.5 Å². The van der Waals surface area contributed by atoms with E-state index < -0.39 is 0 Å². The Bertz CT molecular complexity index is 175. The second-order valence-corrected chi connectivity index (χ2v) is 4.36. The van der Waals surface area contributed by atoms with Gasteiger partial charge in [0.15, 0.2) is 0 Å². The number of piperidine rings is 1. The molecule has 1 atom stereocenters. The van der Waals surface area contributed by atoms with Crippen LogP contribution >= 0.6 is 11.8 Å². The molecular formula is C9H17NO2S. The number of hydrogen-bond acceptors (Lipinski definition) is 3. The summed E-state index contributed by atoms with van der Waals surface area (Å²) in [4.78, 5) is 13.3. The van der Waals surface area contributed by atoms with Crippen molar-refractivity contribution >= 4 is 17.7 Å². The van der Waals surface area contributed by atoms with Gasteiger partial charge >= 0.3 is 0 Å². The smallest absolute Gasteiger partial charge is 0.223 e. The highest BCUT2D eigenvalue weighted by Crippen LogP contribution is 2.11. The van der Waals surface area contributed by atoms with Crippen molar-refractivity contribution in [3.8, 4) is 0 Å². The van der Waals surface area contributed by atoms with E-state index in [1.165, 1.54) is 0 Å². The van der Waals surface area contributed by atoms with E-state index in [9.17, 15) is 9.90 Å². The van der Waals surface area contributed by atoms with Crippen molar-refractivity contribution in [3.05, 3.63) is 0 Å². The third kappa shape index (κ3) is 3.56. The molecule has 76 valence electrons. The second-order valence-electron chi connectivity index (χ2n) is 3.38. The third-order valence-electron chi connectivity index (χ3n) is 2.27. The molecule has 0 aromatic heterocycles. The van der Waals surface area contributed by atoms with E-state index in [-0.39, 0.29) is 12.0 Å². The fourth-order valence-electron chi connectivity index (χ4n) is 1.53. The molecule has 0 radical (unpaired) electrons. The van der Waals surface area contributed by atoms with Gasteiger partial charge in [-0.3, -0.25) is 4.79 Å². The molecule has 0 saturated carbocycles. The number of carbonyl (C=O) groups excluding carboxylic acids is 1. The fourth-order valence-corrected chi connectivity index (χ4v) is 1.91. The topological polar surface area (TPSA) is 40.5 Å². The molecule has 0 spiro atoms. The normalized spacial score (nSPS) is 23.2. The molecule has 13 heavy (non-hydrogen) atoms. The summed E-state index contributed by atoms with van der Waals surface area (Å²) in [6.45, 7) is 1.36. The number of nitrogens with zero attached hydrogens (tertiary/aromatic N) is 1. The first-order valence-electron chi connectivity index (χ1n) is 4.69. The van der Waals surface area contributed by atoms with Gasteiger partial charge in [-0.25, -0.2) is 0 Å². The van der Waals surface area contributed by atoms with Crippen LogP contribution in [-0.2, 0) is 4.79 Å². The van der Waals surface area contributed by atoms with Crippen LogP contribution in [0, 0.1) is 0 Å². The van der Waals surface area contributed by atoms with E-state index in [1.54, 1.807) is 16.7 Å². The predicted octanol–water partition coefficient (Wildman–Crippen LogP) is 0.723. The minimum atomic E-state index is -0.299. The van der Waals surface area contributed by atoms with Crippen molar-refractivity contribution in [1.82, 2.24) is 4.90 Å². The fraction of sp³-hybridized carbons (Fsp3) is 0.889. The number of aliphatic hydroxyl groups is 1. The number of likely N-dealkylation sites (tertiary alicyclic amines) is 1. The van der Waals surface area contributed by atoms with E-state index in [4.69, 9.17) is 0 Å². The molecule has 0 bridgehead atoms. The largest absolute Gasteiger partial charge is 0.391 e. The lowest BCUT2D eigenvalue weighted by atomic mass is 10.1. The summed E-state index contributed by atoms with van der Waals surface area (Å²) in [5.41, 5.74) is 0. The molecule has 0 aromatic rings. The molecule has 1 heterocycles. The molecule has 4 heteroatoms. The molecule has 1 aliphatic heterocycles. The van der Waals surface area contributed by atoms with E-state index >= 15 is 0 Å². The number of amides is 1. The summed E-state index contributed by atoms with van der Waals surface area (Å²) in [5.74, 6) is 1.07. The van der Waals surface area contributed by atoms with Crippen molar-refractivity contribution in [1.29, 1.82) is 0 Å². The number of aliphatic hydroxyl groups excluding tert-OH is 1. The van der Waals surface area contributed by atoms with Crippen molar-refractivity contribution < 1.29 is 9.90 Å². The average molecular weight is 203 g/mol. The van der Waals surface area contributed by atoms with Gasteiger partial charge in [-0.2, -0.15) is 11.8 Å². The van der Waals surface area contributed by atoms with Crippen LogP contribution in [0.4, 0.5) is 0 Å². The Kier molecular flexibility index (Phi) is 4.59. The van der Waals surface area contributed by atoms with Gasteiger partial charge in [0.25, 0.3) is 0 Å². The van der Waals surface area contributed by atoms with Gasteiger partial charge in [-0.15, -0.1) is 0 Å². The van der Waals surface area contributed by atoms with Crippen LogP contribution in [0.1, 0.15) is 19.3 Å². The molecule has 1 saturated heterocycles. The van der Waals surface area contributed by atoms with E-state index in [2.05, 4.69) is 0 Å². The van der Waals surface area contributed by atoms with Crippen LogP contribution in [0.5, 0.6) is 0 Å². The van der Waals surface area contributed by atoms with Crippen molar-refractivity contribution in [3.63, 3.8) is 0 Å². The lowest BCUT2D eigenvalue weighted by molar-refractivity contribution is -0.133. The number of carbonyl (C=O) groups is 1. The highest BCUT2D eigenvalue weighted by atomic mass is 32.2. The molecule has 0 aromatic carbocycles. The molecule has 1 N–H and O–H groups in total. The van der Waals surface area contributed by atoms with Crippen molar-refractivity contribution in [2.24, 2.45) is 0 Å². The van der Waals surface area contributed by atoms with Gasteiger partial charge in [0.1, 0.15) is 0 Å². The Morgan fingerprint density at radius 3 is 3.08 bits per heavy atom. The molecule has 3 nitrogen and oxygen atoms in total. The summed E-state index contributed by atoms with van der Waals surface area (Å²) >= 11 is 1.68. The summed E-state index contributed by atoms with van der Waals surface area (Å²) in [6.07, 6.45) is 4.08. The van der Waals surface area contributed by atoms with Crippen molar-refractivity contribution in [2.45, 2.75) is 25.4 Å². The minimum absolute atomic E-state index is 0.188. The monoisotopic (exact) mass is 203 g/mol. The van der Waals surface area contributed by atoms with E-state index in [0.717, 1.165) is 25.1 Å². The minimum Gasteiger partial charge on any atom is -0.391 e. The molecule has 1 rings (SSSR count). The Morgan fingerprint density at radius 2 is 2.46 bits per heavy atom. The maximum atomic E-state index is 11.5. The first kappa shape index (κ1) is 10.9. The zero-order valence-corrected chi connectivity index (χ0v) is 8.85. The molecule has 0 aliphatic carbocycles. The zero-order chi connectivity index (χ0) is 9.68. The Morgan fingerprint density at radius 1 is 1.69 bits per heavy atom. The number of hydrogen-bond donors (Lipinski definition) is 1. The molecule has 1 unspecified atom stereocenters. The standard InChI is InChI=1S/C9H17NO2S/c1-13-6-4-9(12)10-5-2-3-8(11)7-10/h8,11H,2-7H2,1H3. The van der Waals surface area contributed by atoms with Gasteiger partial charge in [0.2, 0.25) is 5.91 Å². The Hall–Kier alpha value is -0.220. The third-order valence-corrected chi connectivity index (χ3v) is 2.88. The van der Waals surface area contributed by atoms with Gasteiger partial charge in [-0.1, -0.05) is 0 Å². The van der Waals surface area contributed by atoms with E-state index in [1.807, 2.05) is 6.26 Å². The highest BCUT2D eigenvalue weighted by molar-refractivity contribution is 7.98. The first-order valence-corrected chi connectivity index (χ1v) is 6.08. The number of rotatable bonds is 3. The van der Waals surface area contributed by atoms with Crippen LogP contribution in [0.25, 0.3) is 0 Å². The zero-order valence-electron chi connectivity index (χ0n) is 8.03. The van der Waals surface area contributed by atoms with Gasteiger partial charge in [-0.05, 0) is 19.1 Å². The summed E-state index contributed by atoms with van der Waals surface area (Å²) in [6, 6.07) is 0. The molecule has 1 amide bonds. The van der Waals surface area contributed by atoms with Gasteiger partial charge < -0.3 is 10.0 Å². The molecular weight excluding hydrogens is 186 g/mol. The maximum Gasteiger partial charge on any atom is 0.223 e. The maximum absolute atomic E-state index is 11.5. The van der Waals surface area contributed by atoms with E-state index in [0.29, 0.717) is 13.0 Å². The Balaban J connectivity index is 2.28. The lowest BCUT2D eigenvalue weighted by Gasteiger charge is -2.30. The van der Waals surface area contributed by atoms with Crippen LogP contribution in [0.15, 0.2) is 0 Å².